The van der Waals surface area contributed by atoms with Crippen molar-refractivity contribution in [2.45, 2.75) is 45.1 Å². The van der Waals surface area contributed by atoms with Gasteiger partial charge in [-0.05, 0) is 47.4 Å². The van der Waals surface area contributed by atoms with Crippen molar-refractivity contribution >= 4 is 5.69 Å². The zero-order chi connectivity index (χ0) is 14.8. The molecule has 1 aliphatic rings. The molecular formula is C15H20FN5. The van der Waals surface area contributed by atoms with Crippen LogP contribution in [0.5, 0.6) is 0 Å². The second kappa shape index (κ2) is 5.79. The maximum absolute atomic E-state index is 13.3. The summed E-state index contributed by atoms with van der Waals surface area (Å²) in [6.45, 7) is 2.25. The van der Waals surface area contributed by atoms with Gasteiger partial charge in [-0.3, -0.25) is 0 Å². The lowest BCUT2D eigenvalue weighted by molar-refractivity contribution is 0.306. The van der Waals surface area contributed by atoms with Gasteiger partial charge in [-0.2, -0.15) is 0 Å². The molecule has 2 aromatic rings. The average molecular weight is 289 g/mol. The number of aromatic nitrogens is 4. The molecule has 0 radical (unpaired) electrons. The minimum atomic E-state index is -0.416. The lowest BCUT2D eigenvalue weighted by Crippen LogP contribution is -2.18. The van der Waals surface area contributed by atoms with Crippen molar-refractivity contribution in [2.24, 2.45) is 5.92 Å². The van der Waals surface area contributed by atoms with Gasteiger partial charge in [0, 0.05) is 5.56 Å². The highest BCUT2D eigenvalue weighted by Crippen LogP contribution is 2.34. The summed E-state index contributed by atoms with van der Waals surface area (Å²) in [5.41, 5.74) is 6.54. The van der Waals surface area contributed by atoms with Gasteiger partial charge in [0.1, 0.15) is 5.82 Å². The van der Waals surface area contributed by atoms with E-state index in [1.165, 1.54) is 31.7 Å². The predicted molar refractivity (Wildman–Crippen MR) is 78.9 cm³/mol. The highest BCUT2D eigenvalue weighted by atomic mass is 19.1. The van der Waals surface area contributed by atoms with E-state index in [1.807, 2.05) is 4.68 Å². The second-order valence-electron chi connectivity index (χ2n) is 5.87. The molecule has 0 saturated heterocycles. The van der Waals surface area contributed by atoms with Crippen LogP contribution in [0.1, 0.15) is 45.1 Å². The van der Waals surface area contributed by atoms with Crippen LogP contribution in [0.25, 0.3) is 11.4 Å². The van der Waals surface area contributed by atoms with Crippen LogP contribution in [-0.4, -0.2) is 20.2 Å². The summed E-state index contributed by atoms with van der Waals surface area (Å²) in [6, 6.07) is 4.93. The Morgan fingerprint density at radius 2 is 2.05 bits per heavy atom. The van der Waals surface area contributed by atoms with Gasteiger partial charge in [0.2, 0.25) is 0 Å². The maximum atomic E-state index is 13.3. The fourth-order valence-corrected chi connectivity index (χ4v) is 3.13. The fourth-order valence-electron chi connectivity index (χ4n) is 3.13. The summed E-state index contributed by atoms with van der Waals surface area (Å²) in [5.74, 6) is 0.786. The Balaban J connectivity index is 1.97. The number of anilines is 1. The molecule has 0 aliphatic heterocycles. The van der Waals surface area contributed by atoms with Crippen LogP contribution in [0.4, 0.5) is 10.1 Å². The molecule has 0 spiro atoms. The van der Waals surface area contributed by atoms with E-state index in [0.717, 1.165) is 12.0 Å². The molecule has 6 heteroatoms. The summed E-state index contributed by atoms with van der Waals surface area (Å²) in [5, 5.41) is 12.1. The zero-order valence-electron chi connectivity index (χ0n) is 12.2. The molecule has 2 N–H and O–H groups in total. The zero-order valence-corrected chi connectivity index (χ0v) is 12.2. The van der Waals surface area contributed by atoms with E-state index in [-0.39, 0.29) is 5.69 Å². The molecule has 1 saturated carbocycles. The SMILES string of the molecule is CC1CCCCCC1n1nnnc1-c1ccc(F)c(N)c1. The van der Waals surface area contributed by atoms with Crippen LogP contribution >= 0.6 is 0 Å². The van der Waals surface area contributed by atoms with Crippen molar-refractivity contribution < 1.29 is 4.39 Å². The molecule has 2 unspecified atom stereocenters. The predicted octanol–water partition coefficient (Wildman–Crippen LogP) is 3.20. The van der Waals surface area contributed by atoms with E-state index in [2.05, 4.69) is 22.4 Å². The Kier molecular flexibility index (Phi) is 3.86. The fraction of sp³-hybridized carbons (Fsp3) is 0.533. The van der Waals surface area contributed by atoms with Gasteiger partial charge in [0.15, 0.2) is 5.82 Å². The average Bonchev–Trinajstić information content (AvgIpc) is 2.85. The maximum Gasteiger partial charge on any atom is 0.182 e. The highest BCUT2D eigenvalue weighted by Gasteiger charge is 2.25. The number of nitrogens with two attached hydrogens (primary N) is 1. The monoisotopic (exact) mass is 289 g/mol. The normalized spacial score (nSPS) is 23.0. The van der Waals surface area contributed by atoms with Crippen molar-refractivity contribution in [2.75, 3.05) is 5.73 Å². The molecule has 1 aromatic heterocycles. The summed E-state index contributed by atoms with van der Waals surface area (Å²) in [6.07, 6.45) is 5.99. The largest absolute Gasteiger partial charge is 0.396 e. The Hall–Kier alpha value is -1.98. The molecule has 5 nitrogen and oxygen atoms in total. The number of tetrazole rings is 1. The number of halogens is 1. The third-order valence-corrected chi connectivity index (χ3v) is 4.38. The third-order valence-electron chi connectivity index (χ3n) is 4.38. The Bertz CT molecular complexity index is 624. The van der Waals surface area contributed by atoms with Crippen molar-refractivity contribution in [3.05, 3.63) is 24.0 Å². The Morgan fingerprint density at radius 1 is 1.24 bits per heavy atom. The molecule has 2 atom stereocenters. The first-order valence-corrected chi connectivity index (χ1v) is 7.50. The minimum Gasteiger partial charge on any atom is -0.396 e. The van der Waals surface area contributed by atoms with Gasteiger partial charge < -0.3 is 5.73 Å². The van der Waals surface area contributed by atoms with E-state index in [0.29, 0.717) is 17.8 Å². The minimum absolute atomic E-state index is 0.121. The first-order valence-electron chi connectivity index (χ1n) is 7.50. The third kappa shape index (κ3) is 2.75. The number of rotatable bonds is 2. The molecule has 3 rings (SSSR count). The summed E-state index contributed by atoms with van der Waals surface area (Å²) in [7, 11) is 0. The van der Waals surface area contributed by atoms with Crippen LogP contribution in [0.3, 0.4) is 0 Å². The first kappa shape index (κ1) is 14.0. The van der Waals surface area contributed by atoms with E-state index < -0.39 is 5.82 Å². The van der Waals surface area contributed by atoms with Crippen LogP contribution in [-0.2, 0) is 0 Å². The van der Waals surface area contributed by atoms with Crippen molar-refractivity contribution in [3.8, 4) is 11.4 Å². The standard InChI is InChI=1S/C15H20FN5/c1-10-5-3-2-4-6-14(10)21-15(18-19-20-21)11-7-8-12(16)13(17)9-11/h7-10,14H,2-6,17H2,1H3. The van der Waals surface area contributed by atoms with Gasteiger partial charge in [-0.1, -0.05) is 26.2 Å². The van der Waals surface area contributed by atoms with E-state index >= 15 is 0 Å². The molecule has 0 bridgehead atoms. The molecule has 1 aromatic carbocycles. The molecule has 1 aliphatic carbocycles. The molecule has 21 heavy (non-hydrogen) atoms. The van der Waals surface area contributed by atoms with Crippen LogP contribution in [0, 0.1) is 11.7 Å². The van der Waals surface area contributed by atoms with Gasteiger partial charge in [-0.15, -0.1) is 5.10 Å². The molecule has 1 fully saturated rings. The smallest absolute Gasteiger partial charge is 0.182 e. The topological polar surface area (TPSA) is 69.6 Å². The van der Waals surface area contributed by atoms with Gasteiger partial charge >= 0.3 is 0 Å². The molecule has 0 amide bonds. The van der Waals surface area contributed by atoms with Gasteiger partial charge in [0.05, 0.1) is 11.7 Å². The number of nitrogens with zero attached hydrogens (tertiary/aromatic N) is 4. The lowest BCUT2D eigenvalue weighted by atomic mass is 9.97. The molecular weight excluding hydrogens is 269 g/mol. The summed E-state index contributed by atoms with van der Waals surface area (Å²) < 4.78 is 15.2. The lowest BCUT2D eigenvalue weighted by Gasteiger charge is -2.22. The van der Waals surface area contributed by atoms with E-state index in [4.69, 9.17) is 5.73 Å². The number of hydrogen-bond donors (Lipinski definition) is 1. The van der Waals surface area contributed by atoms with E-state index in [9.17, 15) is 4.39 Å². The van der Waals surface area contributed by atoms with Crippen LogP contribution < -0.4 is 5.73 Å². The van der Waals surface area contributed by atoms with Crippen molar-refractivity contribution in [1.29, 1.82) is 0 Å². The summed E-state index contributed by atoms with van der Waals surface area (Å²) in [4.78, 5) is 0. The van der Waals surface area contributed by atoms with Gasteiger partial charge in [-0.25, -0.2) is 9.07 Å². The first-order chi connectivity index (χ1) is 10.2. The van der Waals surface area contributed by atoms with Gasteiger partial charge in [0.25, 0.3) is 0 Å². The Morgan fingerprint density at radius 3 is 2.86 bits per heavy atom. The summed E-state index contributed by atoms with van der Waals surface area (Å²) >= 11 is 0. The highest BCUT2D eigenvalue weighted by molar-refractivity contribution is 5.61. The van der Waals surface area contributed by atoms with E-state index in [1.54, 1.807) is 12.1 Å². The van der Waals surface area contributed by atoms with Crippen LogP contribution in [0.15, 0.2) is 18.2 Å². The van der Waals surface area contributed by atoms with Crippen LogP contribution in [0.2, 0.25) is 0 Å². The molecule has 1 heterocycles. The number of benzene rings is 1. The second-order valence-corrected chi connectivity index (χ2v) is 5.87. The number of hydrogen-bond acceptors (Lipinski definition) is 4. The Labute approximate surface area is 123 Å². The number of nitrogen functional groups attached to an aromatic ring is 1. The molecule has 112 valence electrons. The quantitative estimate of drug-likeness (QED) is 0.681. The van der Waals surface area contributed by atoms with Crippen molar-refractivity contribution in [3.63, 3.8) is 0 Å². The van der Waals surface area contributed by atoms with Crippen molar-refractivity contribution in [1.82, 2.24) is 20.2 Å².